The molecule has 0 aliphatic heterocycles. The molecule has 0 aromatic carbocycles. The topological polar surface area (TPSA) is 65.7 Å². The number of hydrogen-bond acceptors (Lipinski definition) is 6. The molecular weight excluding hydrogens is 364 g/mol. The van der Waals surface area contributed by atoms with E-state index in [1.807, 2.05) is 12.1 Å². The molecule has 27 heavy (non-hydrogen) atoms. The summed E-state index contributed by atoms with van der Waals surface area (Å²) in [7, 11) is 0. The number of carbonyl (C=O) groups is 2. The maximum atomic E-state index is 12.9. The Kier molecular flexibility index (Phi) is 9.25. The van der Waals surface area contributed by atoms with Crippen LogP contribution >= 0.6 is 11.8 Å². The summed E-state index contributed by atoms with van der Waals surface area (Å²) >= 11 is 1.66. The van der Waals surface area contributed by atoms with Crippen LogP contribution in [0.2, 0.25) is 0 Å². The van der Waals surface area contributed by atoms with E-state index in [0.717, 1.165) is 24.4 Å². The van der Waals surface area contributed by atoms with E-state index in [9.17, 15) is 9.59 Å². The molecule has 1 fully saturated rings. The van der Waals surface area contributed by atoms with Gasteiger partial charge in [-0.1, -0.05) is 32.1 Å². The quantitative estimate of drug-likeness (QED) is 0.298. The Bertz CT molecular complexity index is 545. The maximum Gasteiger partial charge on any atom is 0.323 e. The lowest BCUT2D eigenvalue weighted by molar-refractivity contribution is -0.174. The first-order valence-electron chi connectivity index (χ1n) is 10.1. The minimum absolute atomic E-state index is 0.268. The normalized spacial score (nSPS) is 15.5. The minimum Gasteiger partial charge on any atom is -0.468 e. The van der Waals surface area contributed by atoms with Crippen LogP contribution in [0.1, 0.15) is 64.6 Å². The summed E-state index contributed by atoms with van der Waals surface area (Å²) < 4.78 is 16.1. The highest BCUT2D eigenvalue weighted by molar-refractivity contribution is 7.98. The van der Waals surface area contributed by atoms with Crippen LogP contribution in [0, 0.1) is 11.3 Å². The van der Waals surface area contributed by atoms with E-state index < -0.39 is 17.4 Å². The molecule has 0 amide bonds. The molecule has 0 spiro atoms. The van der Waals surface area contributed by atoms with Crippen LogP contribution in [0.5, 0.6) is 0 Å². The summed E-state index contributed by atoms with van der Waals surface area (Å²) in [5, 5.41) is 0. The van der Waals surface area contributed by atoms with Gasteiger partial charge in [0.25, 0.3) is 0 Å². The van der Waals surface area contributed by atoms with Gasteiger partial charge in [-0.15, -0.1) is 0 Å². The monoisotopic (exact) mass is 396 g/mol. The van der Waals surface area contributed by atoms with Crippen molar-refractivity contribution in [2.75, 3.05) is 19.0 Å². The lowest BCUT2D eigenvalue weighted by Crippen LogP contribution is -2.44. The van der Waals surface area contributed by atoms with Crippen LogP contribution in [0.4, 0.5) is 0 Å². The Hall–Kier alpha value is -1.43. The number of thioether (sulfide) groups is 1. The van der Waals surface area contributed by atoms with Crippen molar-refractivity contribution in [3.05, 3.63) is 24.2 Å². The van der Waals surface area contributed by atoms with Crippen LogP contribution < -0.4 is 0 Å². The summed E-state index contributed by atoms with van der Waals surface area (Å²) in [5.41, 5.74) is -1.19. The molecule has 0 unspecified atom stereocenters. The standard InChI is InChI=1S/C21H32O5S/c1-3-24-19(22)21(20(23)25-4-2,15-17-9-6-5-7-10-17)12-14-27-16-18-11-8-13-26-18/h8,11,13,17H,3-7,9-10,12,14-16H2,1-2H3. The minimum atomic E-state index is -1.19. The summed E-state index contributed by atoms with van der Waals surface area (Å²) in [6.07, 6.45) is 8.33. The molecule has 1 aliphatic rings. The molecule has 6 heteroatoms. The van der Waals surface area contributed by atoms with Gasteiger partial charge in [0.15, 0.2) is 5.41 Å². The second-order valence-corrected chi connectivity index (χ2v) is 8.22. The molecule has 1 heterocycles. The smallest absolute Gasteiger partial charge is 0.323 e. The first-order valence-corrected chi connectivity index (χ1v) is 11.2. The number of hydrogen-bond donors (Lipinski definition) is 0. The molecule has 1 aromatic rings. The average molecular weight is 397 g/mol. The van der Waals surface area contributed by atoms with Crippen molar-refractivity contribution in [1.29, 1.82) is 0 Å². The highest BCUT2D eigenvalue weighted by Gasteiger charge is 2.49. The number of ether oxygens (including phenoxy) is 2. The summed E-state index contributed by atoms with van der Waals surface area (Å²) in [5.74, 6) is 1.82. The van der Waals surface area contributed by atoms with Crippen LogP contribution in [0.25, 0.3) is 0 Å². The van der Waals surface area contributed by atoms with Gasteiger partial charge < -0.3 is 13.9 Å². The van der Waals surface area contributed by atoms with Gasteiger partial charge >= 0.3 is 11.9 Å². The molecule has 0 N–H and O–H groups in total. The third-order valence-corrected chi connectivity index (χ3v) is 6.17. The van der Waals surface area contributed by atoms with E-state index in [2.05, 4.69) is 0 Å². The van der Waals surface area contributed by atoms with E-state index in [-0.39, 0.29) is 13.2 Å². The molecule has 0 atom stereocenters. The summed E-state index contributed by atoms with van der Waals surface area (Å²) in [6, 6.07) is 3.79. The zero-order valence-corrected chi connectivity index (χ0v) is 17.4. The largest absolute Gasteiger partial charge is 0.468 e. The van der Waals surface area contributed by atoms with Crippen LogP contribution in [-0.4, -0.2) is 30.9 Å². The van der Waals surface area contributed by atoms with Gasteiger partial charge in [-0.2, -0.15) is 11.8 Å². The zero-order valence-electron chi connectivity index (χ0n) is 16.5. The van der Waals surface area contributed by atoms with E-state index in [1.54, 1.807) is 31.9 Å². The Balaban J connectivity index is 2.10. The number of esters is 2. The van der Waals surface area contributed by atoms with Gasteiger partial charge in [-0.25, -0.2) is 0 Å². The highest BCUT2D eigenvalue weighted by atomic mass is 32.2. The van der Waals surface area contributed by atoms with Gasteiger partial charge in [-0.3, -0.25) is 9.59 Å². The van der Waals surface area contributed by atoms with Gasteiger partial charge in [0.1, 0.15) is 5.76 Å². The number of carbonyl (C=O) groups excluding carboxylic acids is 2. The number of furan rings is 1. The fraction of sp³-hybridized carbons (Fsp3) is 0.714. The molecule has 5 nitrogen and oxygen atoms in total. The summed E-state index contributed by atoms with van der Waals surface area (Å²) in [4.78, 5) is 25.9. The third-order valence-electron chi connectivity index (χ3n) is 5.19. The molecule has 0 radical (unpaired) electrons. The van der Waals surface area contributed by atoms with Crippen molar-refractivity contribution in [2.45, 2.75) is 64.5 Å². The second kappa shape index (κ2) is 11.4. The van der Waals surface area contributed by atoms with Crippen molar-refractivity contribution in [3.8, 4) is 0 Å². The van der Waals surface area contributed by atoms with Crippen LogP contribution in [0.3, 0.4) is 0 Å². The molecule has 1 aliphatic carbocycles. The average Bonchev–Trinajstić information content (AvgIpc) is 3.19. The Morgan fingerprint density at radius 1 is 1.15 bits per heavy atom. The fourth-order valence-corrected chi connectivity index (χ4v) is 4.80. The van der Waals surface area contributed by atoms with Crippen molar-refractivity contribution >= 4 is 23.7 Å². The molecule has 2 rings (SSSR count). The Morgan fingerprint density at radius 2 is 1.81 bits per heavy atom. The predicted octanol–water partition coefficient (Wildman–Crippen LogP) is 4.99. The Morgan fingerprint density at radius 3 is 2.37 bits per heavy atom. The predicted molar refractivity (Wildman–Crippen MR) is 106 cm³/mol. The van der Waals surface area contributed by atoms with Crippen molar-refractivity contribution in [1.82, 2.24) is 0 Å². The first kappa shape index (κ1) is 21.9. The molecule has 0 saturated heterocycles. The van der Waals surface area contributed by atoms with E-state index in [1.165, 1.54) is 19.3 Å². The summed E-state index contributed by atoms with van der Waals surface area (Å²) in [6.45, 7) is 4.09. The van der Waals surface area contributed by atoms with E-state index >= 15 is 0 Å². The van der Waals surface area contributed by atoms with Crippen LogP contribution in [-0.2, 0) is 24.8 Å². The maximum absolute atomic E-state index is 12.9. The van der Waals surface area contributed by atoms with Crippen molar-refractivity contribution in [3.63, 3.8) is 0 Å². The zero-order chi connectivity index (χ0) is 19.5. The van der Waals surface area contributed by atoms with Crippen LogP contribution in [0.15, 0.2) is 22.8 Å². The Labute approximate surface area is 166 Å². The lowest BCUT2D eigenvalue weighted by atomic mass is 9.72. The number of rotatable bonds is 11. The first-order chi connectivity index (χ1) is 13.1. The van der Waals surface area contributed by atoms with Crippen molar-refractivity contribution < 1.29 is 23.5 Å². The van der Waals surface area contributed by atoms with Gasteiger partial charge in [0.05, 0.1) is 25.2 Å². The van der Waals surface area contributed by atoms with Gasteiger partial charge in [-0.05, 0) is 50.5 Å². The SMILES string of the molecule is CCOC(=O)C(CCSCc1ccco1)(CC1CCCCC1)C(=O)OCC. The molecule has 1 saturated carbocycles. The molecular formula is C21H32O5S. The lowest BCUT2D eigenvalue weighted by Gasteiger charge is -2.34. The fourth-order valence-electron chi connectivity index (χ4n) is 3.79. The second-order valence-electron chi connectivity index (χ2n) is 7.11. The van der Waals surface area contributed by atoms with Gasteiger partial charge in [0.2, 0.25) is 0 Å². The van der Waals surface area contributed by atoms with E-state index in [0.29, 0.717) is 24.5 Å². The highest BCUT2D eigenvalue weighted by Crippen LogP contribution is 2.40. The third kappa shape index (κ3) is 6.30. The van der Waals surface area contributed by atoms with E-state index in [4.69, 9.17) is 13.9 Å². The molecule has 152 valence electrons. The van der Waals surface area contributed by atoms with Crippen molar-refractivity contribution in [2.24, 2.45) is 11.3 Å². The molecule has 1 aromatic heterocycles. The molecule has 0 bridgehead atoms. The van der Waals surface area contributed by atoms with Gasteiger partial charge in [0, 0.05) is 0 Å².